The lowest BCUT2D eigenvalue weighted by Gasteiger charge is -2.31. The average Bonchev–Trinajstić information content (AvgIpc) is 2.40. The molecule has 1 heterocycles. The summed E-state index contributed by atoms with van der Waals surface area (Å²) in [5.74, 6) is 0.0576. The summed E-state index contributed by atoms with van der Waals surface area (Å²) in [5.41, 5.74) is 0.862. The molecule has 0 aromatic heterocycles. The van der Waals surface area contributed by atoms with Crippen molar-refractivity contribution < 1.29 is 4.79 Å². The Balaban J connectivity index is 1.79. The maximum absolute atomic E-state index is 11.9. The third kappa shape index (κ3) is 3.82. The predicted octanol–water partition coefficient (Wildman–Crippen LogP) is 1.31. The van der Waals surface area contributed by atoms with Crippen LogP contribution in [-0.4, -0.2) is 43.5 Å². The van der Waals surface area contributed by atoms with Crippen LogP contribution in [0.5, 0.6) is 0 Å². The third-order valence-corrected chi connectivity index (χ3v) is 3.38. The summed E-state index contributed by atoms with van der Waals surface area (Å²) in [6.45, 7) is 2.56. The molecule has 0 spiro atoms. The lowest BCUT2D eigenvalue weighted by molar-refractivity contribution is -0.117. The Morgan fingerprint density at radius 3 is 2.67 bits per heavy atom. The summed E-state index contributed by atoms with van der Waals surface area (Å²) in [4.78, 5) is 14.0. The second kappa shape index (κ2) is 6.52. The number of nitrogens with zero attached hydrogens (tertiary/aromatic N) is 1. The van der Waals surface area contributed by atoms with Gasteiger partial charge in [0.15, 0.2) is 0 Å². The lowest BCUT2D eigenvalue weighted by atomic mass is 10.1. The minimum Gasteiger partial charge on any atom is -0.325 e. The van der Waals surface area contributed by atoms with Gasteiger partial charge in [0.05, 0.1) is 6.54 Å². The van der Waals surface area contributed by atoms with Crippen LogP contribution in [0.1, 0.15) is 12.8 Å². The molecule has 0 bridgehead atoms. The zero-order valence-electron chi connectivity index (χ0n) is 10.9. The number of hydrogen-bond acceptors (Lipinski definition) is 3. The van der Waals surface area contributed by atoms with E-state index in [-0.39, 0.29) is 5.91 Å². The van der Waals surface area contributed by atoms with Gasteiger partial charge in [0.1, 0.15) is 0 Å². The first-order valence-corrected chi connectivity index (χ1v) is 6.51. The molecule has 2 N–H and O–H groups in total. The van der Waals surface area contributed by atoms with Gasteiger partial charge in [0.25, 0.3) is 0 Å². The molecular weight excluding hydrogens is 226 g/mol. The van der Waals surface area contributed by atoms with E-state index in [0.717, 1.165) is 31.6 Å². The fourth-order valence-electron chi connectivity index (χ4n) is 2.33. The molecule has 1 amide bonds. The second-order valence-corrected chi connectivity index (χ2v) is 4.81. The largest absolute Gasteiger partial charge is 0.325 e. The van der Waals surface area contributed by atoms with Crippen LogP contribution >= 0.6 is 0 Å². The van der Waals surface area contributed by atoms with Crippen LogP contribution in [-0.2, 0) is 4.79 Å². The van der Waals surface area contributed by atoms with Crippen LogP contribution in [0.25, 0.3) is 0 Å². The topological polar surface area (TPSA) is 44.4 Å². The Morgan fingerprint density at radius 1 is 1.33 bits per heavy atom. The quantitative estimate of drug-likeness (QED) is 0.843. The van der Waals surface area contributed by atoms with Gasteiger partial charge < -0.3 is 10.6 Å². The van der Waals surface area contributed by atoms with E-state index in [1.807, 2.05) is 37.4 Å². The van der Waals surface area contributed by atoms with Crippen molar-refractivity contribution >= 4 is 11.6 Å². The molecule has 0 unspecified atom stereocenters. The van der Waals surface area contributed by atoms with Crippen LogP contribution in [0.2, 0.25) is 0 Å². The van der Waals surface area contributed by atoms with E-state index >= 15 is 0 Å². The Bertz CT molecular complexity index is 374. The van der Waals surface area contributed by atoms with Gasteiger partial charge in [-0.15, -0.1) is 0 Å². The highest BCUT2D eigenvalue weighted by atomic mass is 16.2. The molecule has 1 aliphatic rings. The smallest absolute Gasteiger partial charge is 0.238 e. The van der Waals surface area contributed by atoms with Gasteiger partial charge in [-0.1, -0.05) is 18.2 Å². The van der Waals surface area contributed by atoms with Crippen molar-refractivity contribution in [3.63, 3.8) is 0 Å². The summed E-state index contributed by atoms with van der Waals surface area (Å²) in [6, 6.07) is 10.1. The molecule has 1 fully saturated rings. The van der Waals surface area contributed by atoms with Crippen molar-refractivity contribution in [3.05, 3.63) is 30.3 Å². The lowest BCUT2D eigenvalue weighted by Crippen LogP contribution is -2.44. The number of carbonyl (C=O) groups is 1. The Labute approximate surface area is 108 Å². The Hall–Kier alpha value is -1.39. The fraction of sp³-hybridized carbons (Fsp3) is 0.500. The van der Waals surface area contributed by atoms with Crippen LogP contribution in [0.4, 0.5) is 5.69 Å². The summed E-state index contributed by atoms with van der Waals surface area (Å²) < 4.78 is 0. The number of rotatable bonds is 4. The van der Waals surface area contributed by atoms with Crippen LogP contribution in [0, 0.1) is 0 Å². The number of carbonyl (C=O) groups excluding carboxylic acids is 1. The molecule has 1 aromatic rings. The zero-order valence-corrected chi connectivity index (χ0v) is 10.9. The molecule has 0 aliphatic carbocycles. The van der Waals surface area contributed by atoms with Crippen LogP contribution in [0.3, 0.4) is 0 Å². The number of hydrogen-bond donors (Lipinski definition) is 2. The van der Waals surface area contributed by atoms with E-state index in [1.54, 1.807) is 0 Å². The van der Waals surface area contributed by atoms with E-state index in [1.165, 1.54) is 0 Å². The van der Waals surface area contributed by atoms with E-state index in [9.17, 15) is 4.79 Å². The highest BCUT2D eigenvalue weighted by Crippen LogP contribution is 2.10. The molecule has 0 radical (unpaired) electrons. The standard InChI is InChI=1S/C14H21N3O/c1-17(13-7-9-15-10-8-13)11-14(18)16-12-5-3-2-4-6-12/h2-6,13,15H,7-11H2,1H3,(H,16,18). The first-order chi connectivity index (χ1) is 8.75. The van der Waals surface area contributed by atoms with E-state index in [4.69, 9.17) is 0 Å². The first-order valence-electron chi connectivity index (χ1n) is 6.51. The summed E-state index contributed by atoms with van der Waals surface area (Å²) in [5, 5.41) is 6.25. The minimum atomic E-state index is 0.0576. The molecule has 1 aromatic carbocycles. The van der Waals surface area contributed by atoms with Gasteiger partial charge in [-0.3, -0.25) is 9.69 Å². The minimum absolute atomic E-state index is 0.0576. The Kier molecular flexibility index (Phi) is 4.73. The number of benzene rings is 1. The first kappa shape index (κ1) is 13.1. The van der Waals surface area contributed by atoms with Gasteiger partial charge in [0.2, 0.25) is 5.91 Å². The molecule has 4 nitrogen and oxygen atoms in total. The zero-order chi connectivity index (χ0) is 12.8. The number of para-hydroxylation sites is 1. The SMILES string of the molecule is CN(CC(=O)Nc1ccccc1)C1CCNCC1. The van der Waals surface area contributed by atoms with Crippen molar-refractivity contribution in [2.75, 3.05) is 32.0 Å². The van der Waals surface area contributed by atoms with Gasteiger partial charge in [-0.05, 0) is 45.1 Å². The normalized spacial score (nSPS) is 16.8. The van der Waals surface area contributed by atoms with Crippen molar-refractivity contribution in [3.8, 4) is 0 Å². The third-order valence-electron chi connectivity index (χ3n) is 3.38. The van der Waals surface area contributed by atoms with E-state index in [2.05, 4.69) is 15.5 Å². The number of amides is 1. The van der Waals surface area contributed by atoms with Crippen LogP contribution in [0.15, 0.2) is 30.3 Å². The van der Waals surface area contributed by atoms with Gasteiger partial charge in [-0.25, -0.2) is 0 Å². The van der Waals surface area contributed by atoms with E-state index in [0.29, 0.717) is 12.6 Å². The highest BCUT2D eigenvalue weighted by Gasteiger charge is 2.19. The predicted molar refractivity (Wildman–Crippen MR) is 73.6 cm³/mol. The van der Waals surface area contributed by atoms with Crippen LogP contribution < -0.4 is 10.6 Å². The number of likely N-dealkylation sites (N-methyl/N-ethyl adjacent to an activating group) is 1. The number of piperidine rings is 1. The molecule has 0 saturated carbocycles. The Morgan fingerprint density at radius 2 is 2.00 bits per heavy atom. The molecule has 98 valence electrons. The summed E-state index contributed by atoms with van der Waals surface area (Å²) >= 11 is 0. The van der Waals surface area contributed by atoms with Crippen molar-refractivity contribution in [1.29, 1.82) is 0 Å². The van der Waals surface area contributed by atoms with Gasteiger partial charge in [0, 0.05) is 11.7 Å². The summed E-state index contributed by atoms with van der Waals surface area (Å²) in [6.07, 6.45) is 2.24. The van der Waals surface area contributed by atoms with Gasteiger partial charge in [-0.2, -0.15) is 0 Å². The van der Waals surface area contributed by atoms with Crippen molar-refractivity contribution in [1.82, 2.24) is 10.2 Å². The maximum Gasteiger partial charge on any atom is 0.238 e. The highest BCUT2D eigenvalue weighted by molar-refractivity contribution is 5.92. The number of nitrogens with one attached hydrogen (secondary N) is 2. The molecule has 1 aliphatic heterocycles. The van der Waals surface area contributed by atoms with Crippen molar-refractivity contribution in [2.45, 2.75) is 18.9 Å². The van der Waals surface area contributed by atoms with Crippen molar-refractivity contribution in [2.24, 2.45) is 0 Å². The molecule has 1 saturated heterocycles. The summed E-state index contributed by atoms with van der Waals surface area (Å²) in [7, 11) is 2.03. The molecule has 2 rings (SSSR count). The molecule has 18 heavy (non-hydrogen) atoms. The molecule has 0 atom stereocenters. The monoisotopic (exact) mass is 247 g/mol. The molecular formula is C14H21N3O. The number of anilines is 1. The fourth-order valence-corrected chi connectivity index (χ4v) is 2.33. The molecule has 4 heteroatoms. The van der Waals surface area contributed by atoms with E-state index < -0.39 is 0 Å². The maximum atomic E-state index is 11.9. The second-order valence-electron chi connectivity index (χ2n) is 4.81. The van der Waals surface area contributed by atoms with Gasteiger partial charge >= 0.3 is 0 Å². The average molecular weight is 247 g/mol.